The topological polar surface area (TPSA) is 3.24 Å². The van der Waals surface area contributed by atoms with Crippen molar-refractivity contribution in [2.24, 2.45) is 0 Å². The zero-order valence-electron chi connectivity index (χ0n) is 79.2. The van der Waals surface area contributed by atoms with Crippen molar-refractivity contribution in [3.05, 3.63) is 97.1 Å². The van der Waals surface area contributed by atoms with E-state index in [1.54, 1.807) is 42.0 Å². The van der Waals surface area contributed by atoms with Gasteiger partial charge in [0.1, 0.15) is 0 Å². The van der Waals surface area contributed by atoms with E-state index < -0.39 is 48.4 Å². The van der Waals surface area contributed by atoms with Gasteiger partial charge in [0.25, 0.3) is 0 Å². The van der Waals surface area contributed by atoms with Crippen LogP contribution in [0.2, 0.25) is 72.5 Å². The number of hydrogen-bond donors (Lipinski definition) is 0. The van der Waals surface area contributed by atoms with Gasteiger partial charge in [0.15, 0.2) is 0 Å². The molecular formula is C107H195NP2Si4. The van der Waals surface area contributed by atoms with Crippen LogP contribution in [0.5, 0.6) is 0 Å². The van der Waals surface area contributed by atoms with Gasteiger partial charge in [-0.25, -0.2) is 4.44 Å². The quantitative estimate of drug-likeness (QED) is 0.0242. The van der Waals surface area contributed by atoms with Gasteiger partial charge in [-0.2, -0.15) is 0 Å². The van der Waals surface area contributed by atoms with Gasteiger partial charge in [-0.1, -0.05) is 634 Å². The number of benzene rings is 4. The fourth-order valence-electron chi connectivity index (χ4n) is 20.3. The molecule has 0 aliphatic rings. The highest BCUT2D eigenvalue weighted by atomic mass is 31.2. The van der Waals surface area contributed by atoms with Crippen LogP contribution < -0.4 is 42.0 Å². The van der Waals surface area contributed by atoms with E-state index in [-0.39, 0.29) is 0 Å². The van der Waals surface area contributed by atoms with Crippen molar-refractivity contribution < 1.29 is 0 Å². The molecule has 654 valence electrons. The Morgan fingerprint density at radius 2 is 0.307 bits per heavy atom. The molecule has 0 aliphatic heterocycles. The van der Waals surface area contributed by atoms with Crippen LogP contribution in [0.25, 0.3) is 0 Å². The van der Waals surface area contributed by atoms with Crippen molar-refractivity contribution in [1.29, 1.82) is 0 Å². The summed E-state index contributed by atoms with van der Waals surface area (Å²) >= 11 is 0. The molecule has 4 aromatic rings. The van der Waals surface area contributed by atoms with Crippen LogP contribution in [0.3, 0.4) is 0 Å². The average Bonchev–Trinajstić information content (AvgIpc) is 0.753. The minimum atomic E-state index is -1.79. The third kappa shape index (κ3) is 39.0. The fraction of sp³-hybridized carbons (Fsp3) is 0.776. The van der Waals surface area contributed by atoms with Crippen molar-refractivity contribution in [1.82, 2.24) is 4.44 Å². The van der Waals surface area contributed by atoms with E-state index in [0.717, 1.165) is 0 Å². The van der Waals surface area contributed by atoms with Gasteiger partial charge < -0.3 is 0 Å². The van der Waals surface area contributed by atoms with Gasteiger partial charge in [-0.3, -0.25) is 0 Å². The van der Waals surface area contributed by atoms with E-state index in [0.29, 0.717) is 6.04 Å². The highest BCUT2D eigenvalue weighted by Crippen LogP contribution is 2.58. The molecule has 0 radical (unpaired) electrons. The second-order valence-corrected chi connectivity index (χ2v) is 60.7. The van der Waals surface area contributed by atoms with E-state index in [1.165, 1.54) is 432 Å². The van der Waals surface area contributed by atoms with E-state index in [4.69, 9.17) is 0 Å². The molecule has 0 amide bonds. The molecule has 4 rings (SSSR count). The molecule has 0 atom stereocenters. The first kappa shape index (κ1) is 105. The normalized spacial score (nSPS) is 12.5. The summed E-state index contributed by atoms with van der Waals surface area (Å²) < 4.78 is 3.49. The Hall–Kier alpha value is -1.43. The summed E-state index contributed by atoms with van der Waals surface area (Å²) in [6, 6.07) is 63.5. The summed E-state index contributed by atoms with van der Waals surface area (Å²) in [6.45, 7) is 34.4. The Morgan fingerprint density at radius 3 is 0.447 bits per heavy atom. The van der Waals surface area contributed by atoms with Gasteiger partial charge in [0.05, 0.1) is 32.3 Å². The molecule has 0 spiro atoms. The molecule has 4 aromatic carbocycles. The van der Waals surface area contributed by atoms with Crippen molar-refractivity contribution >= 4 is 90.4 Å². The number of rotatable bonds is 79. The molecule has 0 fully saturated rings. The standard InChI is InChI=1S/C107H195NP2Si4/c1-15-29-43-45-47-49-51-53-55-57-59-61-63-65-67-69-99(70-68-66-64-62-60-58-56-54-52-50-48-46-44-30-16-2)108(109(100-71-79-104(80-72-100)111(87-31-17-3,88-32-18-4)89-33-19-5)101-73-81-105(82-74-101)112(90-34-20-6,91-35-21-7)92-36-22-8)110(102-75-83-106(84-76-102)113(93-37-23-9,94-38-24-10)95-39-25-11)103-77-85-107(86-78-103)114(96-40-26-12,97-41-27-13)98-42-28-14/h71-86,99H,15-70,87-98H2,1-14H3. The maximum absolute atomic E-state index is 3.49. The molecule has 114 heavy (non-hydrogen) atoms. The van der Waals surface area contributed by atoms with Gasteiger partial charge in [0, 0.05) is 22.2 Å². The zero-order chi connectivity index (χ0) is 82.3. The molecule has 1 nitrogen and oxygen atoms in total. The van der Waals surface area contributed by atoms with Crippen LogP contribution in [0.15, 0.2) is 97.1 Å². The summed E-state index contributed by atoms with van der Waals surface area (Å²) in [7, 11) is -9.14. The average molecular weight is 1670 g/mol. The van der Waals surface area contributed by atoms with E-state index >= 15 is 0 Å². The molecule has 0 N–H and O–H groups in total. The molecule has 0 saturated carbocycles. The van der Waals surface area contributed by atoms with Crippen LogP contribution in [-0.2, 0) is 0 Å². The molecule has 7 heteroatoms. The zero-order valence-corrected chi connectivity index (χ0v) is 85.0. The number of unbranched alkanes of at least 4 members (excludes halogenated alkanes) is 40. The minimum absolute atomic E-state index is 0.475. The van der Waals surface area contributed by atoms with Crippen LogP contribution in [0, 0.1) is 0 Å². The third-order valence-corrected chi connectivity index (χ3v) is 55.7. The Balaban J connectivity index is 2.22. The van der Waals surface area contributed by atoms with Crippen LogP contribution in [-0.4, -0.2) is 42.8 Å². The highest BCUT2D eigenvalue weighted by molar-refractivity contribution is 7.84. The first-order chi connectivity index (χ1) is 56.0. The van der Waals surface area contributed by atoms with Gasteiger partial charge >= 0.3 is 0 Å². The molecule has 0 heterocycles. The number of hydrogen-bond acceptors (Lipinski definition) is 1. The van der Waals surface area contributed by atoms with Crippen LogP contribution in [0.4, 0.5) is 0 Å². The van der Waals surface area contributed by atoms with E-state index in [2.05, 4.69) is 198 Å². The van der Waals surface area contributed by atoms with Crippen LogP contribution >= 0.6 is 16.1 Å². The maximum Gasteiger partial charge on any atom is 0.0867 e. The van der Waals surface area contributed by atoms with Crippen LogP contribution in [0.1, 0.15) is 456 Å². The second kappa shape index (κ2) is 67.1. The van der Waals surface area contributed by atoms with E-state index in [9.17, 15) is 0 Å². The fourth-order valence-corrected chi connectivity index (χ4v) is 49.0. The summed E-state index contributed by atoms with van der Waals surface area (Å²) in [5, 5.41) is 13.8. The Bertz CT molecular complexity index is 2370. The van der Waals surface area contributed by atoms with Crippen molar-refractivity contribution in [2.45, 2.75) is 535 Å². The monoisotopic (exact) mass is 1670 g/mol. The smallest absolute Gasteiger partial charge is 0.0867 e. The number of nitrogens with zero attached hydrogens (tertiary/aromatic N) is 1. The summed E-state index contributed by atoms with van der Waals surface area (Å²) in [5.74, 6) is 0. The first-order valence-corrected chi connectivity index (χ1v) is 64.9. The molecule has 0 aromatic heterocycles. The lowest BCUT2D eigenvalue weighted by Crippen LogP contribution is -2.48. The first-order valence-electron chi connectivity index (χ1n) is 51.8. The molecular weight excluding hydrogens is 1470 g/mol. The SMILES string of the molecule is CCCCCCCCCCCCCCCCCC(CCCCCCCCCCCCCCCCC)N(P(c1ccc([Si](CCCC)(CCCC)CCCC)cc1)c1ccc([Si](CCCC)(CCCC)CCCC)cc1)P(c1ccc([Si](CCCC)(CCCC)CCCC)cc1)c1ccc([Si](CCCC)(CCCC)CCCC)cc1. The second-order valence-electron chi connectivity index (χ2n) is 37.6. The molecule has 0 unspecified atom stereocenters. The largest absolute Gasteiger partial charge is 0.242 e. The highest BCUT2D eigenvalue weighted by Gasteiger charge is 2.42. The maximum atomic E-state index is 3.49. The third-order valence-electron chi connectivity index (χ3n) is 28.0. The molecule has 0 saturated heterocycles. The Kier molecular flexibility index (Phi) is 61.8. The van der Waals surface area contributed by atoms with Gasteiger partial charge in [-0.15, -0.1) is 0 Å². The Morgan fingerprint density at radius 1 is 0.175 bits per heavy atom. The summed E-state index contributed by atoms with van der Waals surface area (Å²) in [5.41, 5.74) is 0. The van der Waals surface area contributed by atoms with Crippen molar-refractivity contribution in [3.63, 3.8) is 0 Å². The minimum Gasteiger partial charge on any atom is -0.242 e. The van der Waals surface area contributed by atoms with Gasteiger partial charge in [0.2, 0.25) is 0 Å². The lowest BCUT2D eigenvalue weighted by Gasteiger charge is -2.45. The van der Waals surface area contributed by atoms with E-state index in [1.807, 2.05) is 0 Å². The van der Waals surface area contributed by atoms with Crippen molar-refractivity contribution in [3.8, 4) is 0 Å². The predicted molar refractivity (Wildman–Crippen MR) is 541 cm³/mol. The van der Waals surface area contributed by atoms with Gasteiger partial charge in [-0.05, 0) is 34.1 Å². The summed E-state index contributed by atoms with van der Waals surface area (Å²) in [4.78, 5) is 0. The lowest BCUT2D eigenvalue weighted by atomic mass is 10.00. The molecule has 0 bridgehead atoms. The Labute approximate surface area is 721 Å². The van der Waals surface area contributed by atoms with Crippen molar-refractivity contribution in [2.75, 3.05) is 0 Å². The summed E-state index contributed by atoms with van der Waals surface area (Å²) in [6.07, 6.45) is 77.6. The molecule has 0 aliphatic carbocycles. The predicted octanol–water partition coefficient (Wildman–Crippen LogP) is 34.5. The lowest BCUT2D eigenvalue weighted by molar-refractivity contribution is 0.393.